The molecule has 0 fully saturated rings. The van der Waals surface area contributed by atoms with Crippen molar-refractivity contribution in [3.05, 3.63) is 27.9 Å². The Morgan fingerprint density at radius 3 is 2.82 bits per heavy atom. The minimum atomic E-state index is -0.629. The molecule has 0 aliphatic rings. The molecule has 7 nitrogen and oxygen atoms in total. The van der Waals surface area contributed by atoms with Crippen molar-refractivity contribution in [2.24, 2.45) is 0 Å². The van der Waals surface area contributed by atoms with E-state index in [1.54, 1.807) is 7.05 Å². The van der Waals surface area contributed by atoms with Gasteiger partial charge >= 0.3 is 5.82 Å². The molecule has 1 aromatic heterocycles. The first-order valence-electron chi connectivity index (χ1n) is 5.20. The number of carbonyl (C=O) groups excluding carboxylic acids is 1. The van der Waals surface area contributed by atoms with Crippen LogP contribution in [0.3, 0.4) is 0 Å². The lowest BCUT2D eigenvalue weighted by atomic mass is 10.2. The van der Waals surface area contributed by atoms with Gasteiger partial charge in [0.15, 0.2) is 6.20 Å². The van der Waals surface area contributed by atoms with Gasteiger partial charge in [-0.05, 0) is 16.3 Å². The van der Waals surface area contributed by atoms with E-state index in [1.165, 1.54) is 6.20 Å². The van der Waals surface area contributed by atoms with Gasteiger partial charge in [-0.15, -0.1) is 0 Å². The maximum absolute atomic E-state index is 11.8. The topological polar surface area (TPSA) is 97.2 Å². The summed E-state index contributed by atoms with van der Waals surface area (Å²) in [6, 6.07) is 1.16. The van der Waals surface area contributed by atoms with Crippen LogP contribution in [0.1, 0.15) is 23.7 Å². The van der Waals surface area contributed by atoms with Crippen molar-refractivity contribution in [2.45, 2.75) is 13.3 Å². The zero-order chi connectivity index (χ0) is 12.8. The lowest BCUT2D eigenvalue weighted by molar-refractivity contribution is -0.389. The molecule has 0 aliphatic carbocycles. The molecule has 0 aliphatic heterocycles. The lowest BCUT2D eigenvalue weighted by Crippen LogP contribution is -2.25. The predicted molar refractivity (Wildman–Crippen MR) is 63.1 cm³/mol. The summed E-state index contributed by atoms with van der Waals surface area (Å²) in [6.07, 6.45) is 2.08. The van der Waals surface area contributed by atoms with E-state index in [-0.39, 0.29) is 17.3 Å². The van der Waals surface area contributed by atoms with Crippen LogP contribution >= 0.6 is 0 Å². The molecule has 1 rings (SSSR count). The highest BCUT2D eigenvalue weighted by Gasteiger charge is 2.17. The fourth-order valence-electron chi connectivity index (χ4n) is 1.27. The Hall–Kier alpha value is -2.18. The minimum Gasteiger partial charge on any atom is -0.384 e. The summed E-state index contributed by atoms with van der Waals surface area (Å²) in [5.41, 5.74) is 0.687. The first-order valence-corrected chi connectivity index (χ1v) is 5.20. The van der Waals surface area contributed by atoms with Crippen molar-refractivity contribution in [1.29, 1.82) is 0 Å². The molecule has 7 heteroatoms. The quantitative estimate of drug-likeness (QED) is 0.592. The summed E-state index contributed by atoms with van der Waals surface area (Å²) in [5, 5.41) is 16.0. The number of anilines is 1. The number of rotatable bonds is 5. The number of nitro groups is 1. The van der Waals surface area contributed by atoms with Crippen LogP contribution in [-0.4, -0.2) is 29.4 Å². The molecule has 0 radical (unpaired) electrons. The maximum Gasteiger partial charge on any atom is 0.364 e. The van der Waals surface area contributed by atoms with Gasteiger partial charge in [0, 0.05) is 13.6 Å². The molecular weight excluding hydrogens is 224 g/mol. The fraction of sp³-hybridized carbons (Fsp3) is 0.400. The predicted octanol–water partition coefficient (Wildman–Crippen LogP) is 1.17. The normalized spacial score (nSPS) is 9.76. The number of hydrogen-bond acceptors (Lipinski definition) is 5. The molecule has 0 bridgehead atoms. The van der Waals surface area contributed by atoms with Crippen molar-refractivity contribution >= 4 is 17.4 Å². The summed E-state index contributed by atoms with van der Waals surface area (Å²) < 4.78 is 0. The molecular formula is C10H14N4O3. The molecule has 92 valence electrons. The highest BCUT2D eigenvalue weighted by atomic mass is 16.6. The molecule has 2 N–H and O–H groups in total. The molecule has 0 aromatic carbocycles. The molecule has 0 spiro atoms. The van der Waals surface area contributed by atoms with Gasteiger partial charge in [-0.25, -0.2) is 0 Å². The van der Waals surface area contributed by atoms with E-state index in [9.17, 15) is 14.9 Å². The number of nitrogens with zero attached hydrogens (tertiary/aromatic N) is 2. The number of pyridine rings is 1. The van der Waals surface area contributed by atoms with Crippen molar-refractivity contribution in [3.63, 3.8) is 0 Å². The Kier molecular flexibility index (Phi) is 4.38. The van der Waals surface area contributed by atoms with E-state index in [4.69, 9.17) is 0 Å². The Morgan fingerprint density at radius 2 is 2.29 bits per heavy atom. The Morgan fingerprint density at radius 1 is 1.59 bits per heavy atom. The van der Waals surface area contributed by atoms with E-state index in [0.717, 1.165) is 12.5 Å². The third kappa shape index (κ3) is 3.13. The SMILES string of the molecule is CCCNC(=O)c1cc([N+](=O)[O-])ncc1NC. The zero-order valence-electron chi connectivity index (χ0n) is 9.69. The second-order valence-corrected chi connectivity index (χ2v) is 3.35. The van der Waals surface area contributed by atoms with Gasteiger partial charge in [-0.3, -0.25) is 4.79 Å². The van der Waals surface area contributed by atoms with Crippen LogP contribution in [-0.2, 0) is 0 Å². The van der Waals surface area contributed by atoms with Crippen molar-refractivity contribution in [3.8, 4) is 0 Å². The van der Waals surface area contributed by atoms with Crippen LogP contribution in [0.2, 0.25) is 0 Å². The Bertz CT molecular complexity index is 434. The number of carbonyl (C=O) groups is 1. The molecule has 17 heavy (non-hydrogen) atoms. The van der Waals surface area contributed by atoms with Crippen molar-refractivity contribution in [2.75, 3.05) is 18.9 Å². The highest BCUT2D eigenvalue weighted by Crippen LogP contribution is 2.18. The van der Waals surface area contributed by atoms with E-state index < -0.39 is 4.92 Å². The average molecular weight is 238 g/mol. The zero-order valence-corrected chi connectivity index (χ0v) is 9.69. The number of nitrogens with one attached hydrogen (secondary N) is 2. The van der Waals surface area contributed by atoms with E-state index >= 15 is 0 Å². The van der Waals surface area contributed by atoms with Gasteiger partial charge in [0.05, 0.1) is 17.3 Å². The summed E-state index contributed by atoms with van der Waals surface area (Å²) >= 11 is 0. The van der Waals surface area contributed by atoms with Crippen LogP contribution in [0.15, 0.2) is 12.3 Å². The number of aromatic nitrogens is 1. The first-order chi connectivity index (χ1) is 8.10. The molecule has 1 amide bonds. The summed E-state index contributed by atoms with van der Waals surface area (Å²) in [5.74, 6) is -0.688. The van der Waals surface area contributed by atoms with E-state index in [0.29, 0.717) is 12.2 Å². The van der Waals surface area contributed by atoms with E-state index in [1.807, 2.05) is 6.92 Å². The summed E-state index contributed by atoms with van der Waals surface area (Å²) in [6.45, 7) is 2.45. The molecule has 0 atom stereocenters. The largest absolute Gasteiger partial charge is 0.384 e. The van der Waals surface area contributed by atoms with Crippen LogP contribution < -0.4 is 10.6 Å². The van der Waals surface area contributed by atoms with Crippen LogP contribution in [0.4, 0.5) is 11.5 Å². The Balaban J connectivity index is 3.05. The lowest BCUT2D eigenvalue weighted by Gasteiger charge is -2.07. The van der Waals surface area contributed by atoms with Crippen molar-refractivity contribution < 1.29 is 9.72 Å². The molecule has 1 heterocycles. The van der Waals surface area contributed by atoms with Crippen LogP contribution in [0.25, 0.3) is 0 Å². The second kappa shape index (κ2) is 5.78. The van der Waals surface area contributed by atoms with Gasteiger partial charge < -0.3 is 20.7 Å². The summed E-state index contributed by atoms with van der Waals surface area (Å²) in [4.78, 5) is 25.3. The third-order valence-electron chi connectivity index (χ3n) is 2.13. The van der Waals surface area contributed by atoms with Gasteiger partial charge in [0.25, 0.3) is 5.91 Å². The van der Waals surface area contributed by atoms with Gasteiger partial charge in [-0.1, -0.05) is 6.92 Å². The standard InChI is InChI=1S/C10H14N4O3/c1-3-4-12-10(15)7-5-9(14(16)17)13-6-8(7)11-2/h5-6,11H,3-4H2,1-2H3,(H,12,15). The van der Waals surface area contributed by atoms with Crippen LogP contribution in [0, 0.1) is 10.1 Å². The fourth-order valence-corrected chi connectivity index (χ4v) is 1.27. The van der Waals surface area contributed by atoms with Crippen molar-refractivity contribution in [1.82, 2.24) is 10.3 Å². The smallest absolute Gasteiger partial charge is 0.364 e. The second-order valence-electron chi connectivity index (χ2n) is 3.35. The molecule has 1 aromatic rings. The first kappa shape index (κ1) is 12.9. The Labute approximate surface area is 98.4 Å². The number of hydrogen-bond donors (Lipinski definition) is 2. The van der Waals surface area contributed by atoms with Gasteiger partial charge in [-0.2, -0.15) is 0 Å². The van der Waals surface area contributed by atoms with Gasteiger partial charge in [0.2, 0.25) is 0 Å². The monoisotopic (exact) mass is 238 g/mol. The average Bonchev–Trinajstić information content (AvgIpc) is 2.34. The number of amides is 1. The maximum atomic E-state index is 11.8. The van der Waals surface area contributed by atoms with E-state index in [2.05, 4.69) is 15.6 Å². The van der Waals surface area contributed by atoms with Crippen LogP contribution in [0.5, 0.6) is 0 Å². The minimum absolute atomic E-state index is 0.225. The van der Waals surface area contributed by atoms with Gasteiger partial charge in [0.1, 0.15) is 0 Å². The molecule has 0 unspecified atom stereocenters. The summed E-state index contributed by atoms with van der Waals surface area (Å²) in [7, 11) is 1.62. The molecule has 0 saturated heterocycles. The third-order valence-corrected chi connectivity index (χ3v) is 2.13. The molecule has 0 saturated carbocycles. The highest BCUT2D eigenvalue weighted by molar-refractivity contribution is 5.99.